The Morgan fingerprint density at radius 2 is 2.18 bits per heavy atom. The highest BCUT2D eigenvalue weighted by molar-refractivity contribution is 6.16. The molecule has 0 amide bonds. The Bertz CT molecular complexity index is 446. The molecule has 0 spiro atoms. The van der Waals surface area contributed by atoms with Crippen LogP contribution in [0.2, 0.25) is 0 Å². The molecule has 0 radical (unpaired) electrons. The van der Waals surface area contributed by atoms with Crippen molar-refractivity contribution in [3.63, 3.8) is 0 Å². The van der Waals surface area contributed by atoms with Crippen LogP contribution >= 0.6 is 0 Å². The lowest BCUT2D eigenvalue weighted by molar-refractivity contribution is -0.155. The maximum Gasteiger partial charge on any atom is 0.341 e. The van der Waals surface area contributed by atoms with Gasteiger partial charge in [0, 0.05) is 25.5 Å². The fourth-order valence-corrected chi connectivity index (χ4v) is 2.50. The number of esters is 1. The first kappa shape index (κ1) is 18.3. The first-order chi connectivity index (χ1) is 10.5. The first-order valence-corrected chi connectivity index (χ1v) is 7.92. The SMILES string of the molecule is CCCCC(CC)COC(=O)C1(CCC(=O)O)N=CCC1=O. The molecule has 0 aromatic carbocycles. The van der Waals surface area contributed by atoms with Gasteiger partial charge in [-0.1, -0.05) is 33.1 Å². The van der Waals surface area contributed by atoms with Crippen molar-refractivity contribution < 1.29 is 24.2 Å². The average Bonchev–Trinajstić information content (AvgIpc) is 2.87. The summed E-state index contributed by atoms with van der Waals surface area (Å²) >= 11 is 0. The second-order valence-electron chi connectivity index (χ2n) is 5.71. The molecule has 1 rings (SSSR count). The summed E-state index contributed by atoms with van der Waals surface area (Å²) in [6, 6.07) is 0. The fourth-order valence-electron chi connectivity index (χ4n) is 2.50. The number of hydrogen-bond donors (Lipinski definition) is 1. The number of ether oxygens (including phenoxy) is 1. The molecule has 6 heteroatoms. The summed E-state index contributed by atoms with van der Waals surface area (Å²) in [6.45, 7) is 4.39. The van der Waals surface area contributed by atoms with Crippen molar-refractivity contribution in [2.45, 2.75) is 64.3 Å². The minimum Gasteiger partial charge on any atom is -0.481 e. The van der Waals surface area contributed by atoms with Gasteiger partial charge in [-0.25, -0.2) is 4.79 Å². The van der Waals surface area contributed by atoms with Crippen LogP contribution in [0, 0.1) is 5.92 Å². The zero-order chi connectivity index (χ0) is 16.6. The van der Waals surface area contributed by atoms with E-state index >= 15 is 0 Å². The van der Waals surface area contributed by atoms with Crippen LogP contribution in [0.5, 0.6) is 0 Å². The molecular weight excluding hydrogens is 286 g/mol. The second kappa shape index (κ2) is 8.66. The topological polar surface area (TPSA) is 93.0 Å². The molecule has 1 N–H and O–H groups in total. The predicted molar refractivity (Wildman–Crippen MR) is 82.0 cm³/mol. The molecule has 22 heavy (non-hydrogen) atoms. The van der Waals surface area contributed by atoms with E-state index in [1.165, 1.54) is 6.21 Å². The van der Waals surface area contributed by atoms with Gasteiger partial charge >= 0.3 is 11.9 Å². The Kier molecular flexibility index (Phi) is 7.21. The van der Waals surface area contributed by atoms with Crippen LogP contribution in [0.15, 0.2) is 4.99 Å². The van der Waals surface area contributed by atoms with Gasteiger partial charge in [0.1, 0.15) is 0 Å². The third kappa shape index (κ3) is 4.64. The number of rotatable bonds is 10. The van der Waals surface area contributed by atoms with Crippen molar-refractivity contribution in [3.05, 3.63) is 0 Å². The van der Waals surface area contributed by atoms with Crippen molar-refractivity contribution in [1.82, 2.24) is 0 Å². The van der Waals surface area contributed by atoms with Crippen LogP contribution in [-0.4, -0.2) is 41.2 Å². The van der Waals surface area contributed by atoms with Gasteiger partial charge < -0.3 is 9.84 Å². The highest BCUT2D eigenvalue weighted by Crippen LogP contribution is 2.27. The third-order valence-electron chi connectivity index (χ3n) is 4.08. The van der Waals surface area contributed by atoms with E-state index in [1.54, 1.807) is 0 Å². The molecule has 1 heterocycles. The van der Waals surface area contributed by atoms with Gasteiger partial charge in [0.15, 0.2) is 5.78 Å². The molecule has 0 fully saturated rings. The van der Waals surface area contributed by atoms with Gasteiger partial charge in [0.2, 0.25) is 5.54 Å². The van der Waals surface area contributed by atoms with Crippen LogP contribution in [0.4, 0.5) is 0 Å². The van der Waals surface area contributed by atoms with Gasteiger partial charge in [-0.2, -0.15) is 0 Å². The van der Waals surface area contributed by atoms with Gasteiger partial charge in [-0.3, -0.25) is 14.6 Å². The Morgan fingerprint density at radius 1 is 1.45 bits per heavy atom. The van der Waals surface area contributed by atoms with E-state index < -0.39 is 17.5 Å². The van der Waals surface area contributed by atoms with Crippen molar-refractivity contribution in [2.75, 3.05) is 6.61 Å². The zero-order valence-electron chi connectivity index (χ0n) is 13.3. The number of carbonyl (C=O) groups excluding carboxylic acids is 2. The number of carbonyl (C=O) groups is 3. The number of carboxylic acids is 1. The predicted octanol–water partition coefficient (Wildman–Crippen LogP) is 2.39. The molecular formula is C16H25NO5. The zero-order valence-corrected chi connectivity index (χ0v) is 13.3. The summed E-state index contributed by atoms with van der Waals surface area (Å²) in [5.41, 5.74) is -1.64. The molecule has 6 nitrogen and oxygen atoms in total. The maximum atomic E-state index is 12.3. The monoisotopic (exact) mass is 311 g/mol. The number of Topliss-reactive ketones (excluding diaryl/α,β-unsaturated/α-hetero) is 1. The van der Waals surface area contributed by atoms with Crippen LogP contribution < -0.4 is 0 Å². The lowest BCUT2D eigenvalue weighted by Crippen LogP contribution is -2.44. The van der Waals surface area contributed by atoms with E-state index in [9.17, 15) is 14.4 Å². The largest absolute Gasteiger partial charge is 0.481 e. The average molecular weight is 311 g/mol. The number of nitrogens with zero attached hydrogens (tertiary/aromatic N) is 1. The van der Waals surface area contributed by atoms with E-state index in [0.717, 1.165) is 25.7 Å². The molecule has 1 aliphatic heterocycles. The molecule has 0 aliphatic carbocycles. The molecule has 0 bridgehead atoms. The molecule has 2 atom stereocenters. The van der Waals surface area contributed by atoms with Crippen molar-refractivity contribution in [1.29, 1.82) is 0 Å². The summed E-state index contributed by atoms with van der Waals surface area (Å²) < 4.78 is 5.32. The number of aliphatic imine (C=N–C) groups is 1. The van der Waals surface area contributed by atoms with Crippen LogP contribution in [-0.2, 0) is 19.1 Å². The molecule has 0 aromatic rings. The fraction of sp³-hybridized carbons (Fsp3) is 0.750. The number of unbranched alkanes of at least 4 members (excludes halogenated alkanes) is 1. The van der Waals surface area contributed by atoms with Gasteiger partial charge in [-0.05, 0) is 12.3 Å². The van der Waals surface area contributed by atoms with E-state index in [-0.39, 0.29) is 37.6 Å². The Morgan fingerprint density at radius 3 is 2.68 bits per heavy atom. The Labute approximate surface area is 130 Å². The van der Waals surface area contributed by atoms with E-state index in [4.69, 9.17) is 9.84 Å². The van der Waals surface area contributed by atoms with Gasteiger partial charge in [0.05, 0.1) is 6.61 Å². The van der Waals surface area contributed by atoms with Crippen LogP contribution in [0.3, 0.4) is 0 Å². The Hall–Kier alpha value is -1.72. The summed E-state index contributed by atoms with van der Waals surface area (Å²) in [6.07, 6.45) is 5.02. The number of aliphatic carboxylic acids is 1. The minimum atomic E-state index is -1.64. The maximum absolute atomic E-state index is 12.3. The smallest absolute Gasteiger partial charge is 0.341 e. The normalized spacial score (nSPS) is 21.8. The molecule has 0 aromatic heterocycles. The lowest BCUT2D eigenvalue weighted by Gasteiger charge is -2.23. The van der Waals surface area contributed by atoms with Gasteiger partial charge in [-0.15, -0.1) is 0 Å². The standard InChI is InChI=1S/C16H25NO5/c1-3-5-6-12(4-2)11-22-15(21)16(9-7-14(19)20)13(18)8-10-17-16/h10,12H,3-9,11H2,1-2H3,(H,19,20). The Balaban J connectivity index is 2.67. The molecule has 1 aliphatic rings. The summed E-state index contributed by atoms with van der Waals surface area (Å²) in [5.74, 6) is -1.87. The second-order valence-corrected chi connectivity index (χ2v) is 5.71. The molecule has 124 valence electrons. The minimum absolute atomic E-state index is 0.0573. The quantitative estimate of drug-likeness (QED) is 0.494. The summed E-state index contributed by atoms with van der Waals surface area (Å²) in [4.78, 5) is 39.1. The number of hydrogen-bond acceptors (Lipinski definition) is 5. The van der Waals surface area contributed by atoms with Gasteiger partial charge in [0.25, 0.3) is 0 Å². The number of carboxylic acid groups (broad SMARTS) is 1. The number of ketones is 1. The third-order valence-corrected chi connectivity index (χ3v) is 4.08. The van der Waals surface area contributed by atoms with Crippen molar-refractivity contribution in [3.8, 4) is 0 Å². The van der Waals surface area contributed by atoms with Crippen molar-refractivity contribution in [2.24, 2.45) is 10.9 Å². The molecule has 2 unspecified atom stereocenters. The summed E-state index contributed by atoms with van der Waals surface area (Å²) in [5, 5.41) is 8.79. The van der Waals surface area contributed by atoms with Crippen molar-refractivity contribution >= 4 is 23.9 Å². The van der Waals surface area contributed by atoms with Crippen LogP contribution in [0.25, 0.3) is 0 Å². The lowest BCUT2D eigenvalue weighted by atomic mass is 9.90. The highest BCUT2D eigenvalue weighted by Gasteiger charge is 2.48. The molecule has 0 saturated heterocycles. The van der Waals surface area contributed by atoms with E-state index in [1.807, 2.05) is 6.92 Å². The van der Waals surface area contributed by atoms with E-state index in [0.29, 0.717) is 0 Å². The van der Waals surface area contributed by atoms with E-state index in [2.05, 4.69) is 11.9 Å². The first-order valence-electron chi connectivity index (χ1n) is 7.92. The van der Waals surface area contributed by atoms with Crippen LogP contribution in [0.1, 0.15) is 58.8 Å². The molecule has 0 saturated carbocycles. The highest BCUT2D eigenvalue weighted by atomic mass is 16.5. The summed E-state index contributed by atoms with van der Waals surface area (Å²) in [7, 11) is 0.